The zero-order valence-electron chi connectivity index (χ0n) is 19.8. The third-order valence-electron chi connectivity index (χ3n) is 5.36. The maximum absolute atomic E-state index is 13.1. The molecule has 1 aliphatic rings. The van der Waals surface area contributed by atoms with Crippen LogP contribution in [0.1, 0.15) is 29.5 Å². The van der Waals surface area contributed by atoms with Crippen LogP contribution in [0, 0.1) is 11.8 Å². The molecule has 0 fully saturated rings. The number of likely N-dealkylation sites (N-methyl/N-ethyl adjacent to an activating group) is 1. The van der Waals surface area contributed by atoms with Crippen LogP contribution in [0.3, 0.4) is 0 Å². The molecule has 0 saturated heterocycles. The molecule has 0 saturated carbocycles. The average molecular weight is 490 g/mol. The fraction of sp³-hybridized carbons (Fsp3) is 0.269. The zero-order chi connectivity index (χ0) is 25.9. The molecule has 0 bridgehead atoms. The van der Waals surface area contributed by atoms with E-state index in [0.717, 1.165) is 16.7 Å². The van der Waals surface area contributed by atoms with Crippen molar-refractivity contribution in [2.75, 3.05) is 31.6 Å². The van der Waals surface area contributed by atoms with Crippen molar-refractivity contribution in [2.24, 2.45) is 0 Å². The van der Waals surface area contributed by atoms with Gasteiger partial charge in [0.15, 0.2) is 0 Å². The molecule has 0 atom stereocenters. The Bertz CT molecular complexity index is 1230. The highest BCUT2D eigenvalue weighted by atomic mass is 16.2. The normalized spacial score (nSPS) is 11.3. The zero-order valence-corrected chi connectivity index (χ0v) is 19.8. The average Bonchev–Trinajstić information content (AvgIpc) is 2.89. The Hall–Kier alpha value is -4.65. The number of fused-ring (bicyclic) bond motifs is 2. The van der Waals surface area contributed by atoms with Crippen molar-refractivity contribution in [3.8, 4) is 11.8 Å². The van der Waals surface area contributed by atoms with Crippen molar-refractivity contribution in [3.63, 3.8) is 0 Å². The Morgan fingerprint density at radius 3 is 1.97 bits per heavy atom. The SMILES string of the molecule is CNC(=O)CNC(=O)CNC(=O)CNC(=O)CCC(=O)N1Cc2ccccc2C#Cc2ccccc21. The maximum atomic E-state index is 13.1. The van der Waals surface area contributed by atoms with Crippen LogP contribution in [-0.4, -0.2) is 56.2 Å². The summed E-state index contributed by atoms with van der Waals surface area (Å²) in [5, 5.41) is 9.47. The first-order valence-corrected chi connectivity index (χ1v) is 11.4. The van der Waals surface area contributed by atoms with Crippen LogP contribution in [-0.2, 0) is 30.5 Å². The first-order valence-electron chi connectivity index (χ1n) is 11.4. The molecule has 1 aliphatic heterocycles. The Balaban J connectivity index is 1.50. The highest BCUT2D eigenvalue weighted by molar-refractivity contribution is 5.97. The lowest BCUT2D eigenvalue weighted by molar-refractivity contribution is -0.129. The lowest BCUT2D eigenvalue weighted by Gasteiger charge is -2.26. The van der Waals surface area contributed by atoms with Crippen molar-refractivity contribution >= 4 is 35.2 Å². The Morgan fingerprint density at radius 1 is 0.722 bits per heavy atom. The van der Waals surface area contributed by atoms with Crippen LogP contribution in [0.4, 0.5) is 5.69 Å². The van der Waals surface area contributed by atoms with Gasteiger partial charge in [-0.15, -0.1) is 0 Å². The number of nitrogens with one attached hydrogen (secondary N) is 4. The van der Waals surface area contributed by atoms with E-state index in [4.69, 9.17) is 0 Å². The molecular formula is C26H27N5O5. The molecule has 36 heavy (non-hydrogen) atoms. The molecule has 2 aromatic rings. The predicted octanol–water partition coefficient (Wildman–Crippen LogP) is -0.192. The lowest BCUT2D eigenvalue weighted by atomic mass is 10.0. The van der Waals surface area contributed by atoms with Crippen LogP contribution < -0.4 is 26.2 Å². The Kier molecular flexibility index (Phi) is 9.17. The quantitative estimate of drug-likeness (QED) is 0.362. The molecule has 4 N–H and O–H groups in total. The molecule has 10 nitrogen and oxygen atoms in total. The van der Waals surface area contributed by atoms with Gasteiger partial charge in [0.2, 0.25) is 29.5 Å². The summed E-state index contributed by atoms with van der Waals surface area (Å²) in [4.78, 5) is 61.6. The molecule has 186 valence electrons. The van der Waals surface area contributed by atoms with E-state index in [1.54, 1.807) is 4.90 Å². The second kappa shape index (κ2) is 12.7. The molecule has 0 aliphatic carbocycles. The maximum Gasteiger partial charge on any atom is 0.239 e. The molecule has 2 aromatic carbocycles. The van der Waals surface area contributed by atoms with Crippen LogP contribution in [0.15, 0.2) is 48.5 Å². The van der Waals surface area contributed by atoms with Gasteiger partial charge in [-0.2, -0.15) is 0 Å². The fourth-order valence-electron chi connectivity index (χ4n) is 3.40. The summed E-state index contributed by atoms with van der Waals surface area (Å²) >= 11 is 0. The number of anilines is 1. The highest BCUT2D eigenvalue weighted by Crippen LogP contribution is 2.26. The third kappa shape index (κ3) is 7.43. The van der Waals surface area contributed by atoms with Crippen molar-refractivity contribution in [3.05, 3.63) is 65.2 Å². The second-order valence-corrected chi connectivity index (χ2v) is 7.91. The summed E-state index contributed by atoms with van der Waals surface area (Å²) in [7, 11) is 1.44. The molecule has 10 heteroatoms. The molecule has 5 amide bonds. The number of hydrogen-bond donors (Lipinski definition) is 4. The molecule has 0 radical (unpaired) electrons. The van der Waals surface area contributed by atoms with Gasteiger partial charge in [0.1, 0.15) is 0 Å². The number of rotatable bonds is 9. The smallest absolute Gasteiger partial charge is 0.239 e. The standard InChI is InChI=1S/C26H27N5O5/c1-27-23(33)14-29-25(35)16-30-24(34)15-28-22(32)12-13-26(36)31-17-20-8-3-2-6-18(20)10-11-19-7-4-5-9-21(19)31/h2-9H,12-17H2,1H3,(H,27,33)(H,28,32)(H,29,35)(H,30,34). The van der Waals surface area contributed by atoms with Crippen LogP contribution >= 0.6 is 0 Å². The van der Waals surface area contributed by atoms with Gasteiger partial charge in [0, 0.05) is 31.0 Å². The third-order valence-corrected chi connectivity index (χ3v) is 5.36. The number of hydrogen-bond acceptors (Lipinski definition) is 5. The van der Waals surface area contributed by atoms with Crippen molar-refractivity contribution in [2.45, 2.75) is 19.4 Å². The summed E-state index contributed by atoms with van der Waals surface area (Å²) in [6.07, 6.45) is -0.163. The monoisotopic (exact) mass is 489 g/mol. The minimum Gasteiger partial charge on any atom is -0.358 e. The molecular weight excluding hydrogens is 462 g/mol. The number of carbonyl (C=O) groups excluding carboxylic acids is 5. The summed E-state index contributed by atoms with van der Waals surface area (Å²) in [5.41, 5.74) is 3.16. The van der Waals surface area contributed by atoms with Gasteiger partial charge in [-0.05, 0) is 23.8 Å². The van der Waals surface area contributed by atoms with Crippen LogP contribution in [0.2, 0.25) is 0 Å². The first-order chi connectivity index (χ1) is 17.4. The number of para-hydroxylation sites is 1. The van der Waals surface area contributed by atoms with Crippen LogP contribution in [0.25, 0.3) is 0 Å². The Labute approximate surface area is 208 Å². The number of benzene rings is 2. The fourth-order valence-corrected chi connectivity index (χ4v) is 3.40. The number of nitrogens with zero attached hydrogens (tertiary/aromatic N) is 1. The van der Waals surface area contributed by atoms with Gasteiger partial charge in [0.25, 0.3) is 0 Å². The summed E-state index contributed by atoms with van der Waals surface area (Å²) in [6.45, 7) is -0.545. The van der Waals surface area contributed by atoms with Crippen molar-refractivity contribution in [1.29, 1.82) is 0 Å². The van der Waals surface area contributed by atoms with E-state index in [9.17, 15) is 24.0 Å². The van der Waals surface area contributed by atoms with Gasteiger partial charge >= 0.3 is 0 Å². The number of carbonyl (C=O) groups is 5. The molecule has 0 unspecified atom stereocenters. The molecule has 0 spiro atoms. The topological polar surface area (TPSA) is 137 Å². The van der Waals surface area contributed by atoms with E-state index in [1.165, 1.54) is 7.05 Å². The minimum atomic E-state index is -0.572. The van der Waals surface area contributed by atoms with Gasteiger partial charge < -0.3 is 26.2 Å². The van der Waals surface area contributed by atoms with E-state index < -0.39 is 17.7 Å². The largest absolute Gasteiger partial charge is 0.358 e. The van der Waals surface area contributed by atoms with E-state index in [0.29, 0.717) is 12.2 Å². The van der Waals surface area contributed by atoms with Gasteiger partial charge in [0.05, 0.1) is 31.9 Å². The number of amides is 5. The van der Waals surface area contributed by atoms with E-state index in [2.05, 4.69) is 33.1 Å². The van der Waals surface area contributed by atoms with E-state index in [1.807, 2.05) is 48.5 Å². The van der Waals surface area contributed by atoms with E-state index in [-0.39, 0.29) is 44.3 Å². The van der Waals surface area contributed by atoms with Crippen LogP contribution in [0.5, 0.6) is 0 Å². The van der Waals surface area contributed by atoms with Gasteiger partial charge in [-0.3, -0.25) is 24.0 Å². The molecule has 1 heterocycles. The van der Waals surface area contributed by atoms with Gasteiger partial charge in [-0.1, -0.05) is 42.2 Å². The Morgan fingerprint density at radius 2 is 1.28 bits per heavy atom. The highest BCUT2D eigenvalue weighted by Gasteiger charge is 2.21. The molecule has 0 aromatic heterocycles. The summed E-state index contributed by atoms with van der Waals surface area (Å²) in [5.74, 6) is 4.09. The van der Waals surface area contributed by atoms with Crippen molar-refractivity contribution < 1.29 is 24.0 Å². The summed E-state index contributed by atoms with van der Waals surface area (Å²) < 4.78 is 0. The van der Waals surface area contributed by atoms with E-state index >= 15 is 0 Å². The molecule has 3 rings (SSSR count). The first kappa shape index (κ1) is 26.0. The van der Waals surface area contributed by atoms with Gasteiger partial charge in [-0.25, -0.2) is 0 Å². The lowest BCUT2D eigenvalue weighted by Crippen LogP contribution is -2.44. The van der Waals surface area contributed by atoms with Crippen molar-refractivity contribution in [1.82, 2.24) is 21.3 Å². The summed E-state index contributed by atoms with van der Waals surface area (Å²) in [6, 6.07) is 15.0. The minimum absolute atomic E-state index is 0.0563. The predicted molar refractivity (Wildman–Crippen MR) is 132 cm³/mol. The second-order valence-electron chi connectivity index (χ2n) is 7.91.